The van der Waals surface area contributed by atoms with Gasteiger partial charge in [0.05, 0.1) is 0 Å². The van der Waals surface area contributed by atoms with Crippen molar-refractivity contribution in [2.45, 2.75) is 26.4 Å². The minimum atomic E-state index is 0.876. The molecule has 0 saturated heterocycles. The fraction of sp³-hybridized carbons (Fsp3) is 0.385. The summed E-state index contributed by atoms with van der Waals surface area (Å²) in [5.74, 6) is 0.876. The summed E-state index contributed by atoms with van der Waals surface area (Å²) in [5.41, 5.74) is 3.76. The van der Waals surface area contributed by atoms with E-state index in [4.69, 9.17) is 0 Å². The molecule has 0 saturated carbocycles. The van der Waals surface area contributed by atoms with E-state index in [-0.39, 0.29) is 0 Å². The molecule has 0 atom stereocenters. The molecule has 0 bridgehead atoms. The molecule has 2 aromatic heterocycles. The summed E-state index contributed by atoms with van der Waals surface area (Å²) >= 11 is 0. The third kappa shape index (κ3) is 2.22. The quantitative estimate of drug-likeness (QED) is 0.850. The van der Waals surface area contributed by atoms with Gasteiger partial charge in [0.1, 0.15) is 5.82 Å². The van der Waals surface area contributed by atoms with Gasteiger partial charge in [0.15, 0.2) is 0 Å². The van der Waals surface area contributed by atoms with Crippen LogP contribution in [0, 0.1) is 6.92 Å². The molecule has 0 radical (unpaired) electrons. The second-order valence-electron chi connectivity index (χ2n) is 4.55. The van der Waals surface area contributed by atoms with Gasteiger partial charge in [0.2, 0.25) is 0 Å². The predicted molar refractivity (Wildman–Crippen MR) is 65.4 cm³/mol. The second kappa shape index (κ2) is 4.30. The number of rotatable bonds is 2. The Hall–Kier alpha value is -1.68. The van der Waals surface area contributed by atoms with Crippen molar-refractivity contribution in [3.63, 3.8) is 0 Å². The Labute approximate surface area is 101 Å². The first-order chi connectivity index (χ1) is 8.31. The monoisotopic (exact) mass is 228 g/mol. The highest BCUT2D eigenvalue weighted by Gasteiger charge is 2.17. The molecule has 0 aromatic carbocycles. The first kappa shape index (κ1) is 10.5. The molecule has 0 spiro atoms. The van der Waals surface area contributed by atoms with E-state index in [1.54, 1.807) is 0 Å². The minimum absolute atomic E-state index is 0.876. The number of fused-ring (bicyclic) bond motifs is 1. The molecular formula is C13H16N4. The number of nitrogens with one attached hydrogen (secondary N) is 1. The smallest absolute Gasteiger partial charge is 0.125 e. The van der Waals surface area contributed by atoms with Crippen LogP contribution in [0.3, 0.4) is 0 Å². The Morgan fingerprint density at radius 2 is 2.41 bits per heavy atom. The molecule has 2 aromatic rings. The van der Waals surface area contributed by atoms with E-state index >= 15 is 0 Å². The zero-order valence-corrected chi connectivity index (χ0v) is 9.98. The van der Waals surface area contributed by atoms with Gasteiger partial charge in [-0.3, -0.25) is 4.90 Å². The number of hydrogen-bond donors (Lipinski definition) is 1. The zero-order valence-electron chi connectivity index (χ0n) is 9.98. The highest BCUT2D eigenvalue weighted by molar-refractivity contribution is 5.20. The highest BCUT2D eigenvalue weighted by Crippen LogP contribution is 2.17. The van der Waals surface area contributed by atoms with Gasteiger partial charge < -0.3 is 4.98 Å². The number of aromatic nitrogens is 3. The highest BCUT2D eigenvalue weighted by atomic mass is 15.1. The van der Waals surface area contributed by atoms with Crippen LogP contribution < -0.4 is 0 Å². The lowest BCUT2D eigenvalue weighted by Gasteiger charge is -2.27. The Bertz CT molecular complexity index is 504. The third-order valence-corrected chi connectivity index (χ3v) is 3.19. The molecule has 0 amide bonds. The first-order valence-corrected chi connectivity index (χ1v) is 5.97. The number of nitrogens with zero attached hydrogens (tertiary/aromatic N) is 3. The fourth-order valence-corrected chi connectivity index (χ4v) is 2.32. The van der Waals surface area contributed by atoms with Gasteiger partial charge in [-0.05, 0) is 19.1 Å². The van der Waals surface area contributed by atoms with Crippen LogP contribution in [0.2, 0.25) is 0 Å². The lowest BCUT2D eigenvalue weighted by molar-refractivity contribution is 0.240. The SMILES string of the molecule is Cc1ncc2c(n1)CCN(Cc1ccc[nH]1)C2. The van der Waals surface area contributed by atoms with Crippen molar-refractivity contribution in [1.82, 2.24) is 19.9 Å². The first-order valence-electron chi connectivity index (χ1n) is 5.97. The summed E-state index contributed by atoms with van der Waals surface area (Å²) in [5, 5.41) is 0. The average Bonchev–Trinajstić information content (AvgIpc) is 2.82. The number of hydrogen-bond acceptors (Lipinski definition) is 3. The maximum atomic E-state index is 4.50. The standard InChI is InChI=1S/C13H16N4/c1-10-15-7-11-8-17(6-4-13(11)16-10)9-12-3-2-5-14-12/h2-3,5,7,14H,4,6,8-9H2,1H3. The van der Waals surface area contributed by atoms with Crippen LogP contribution in [-0.2, 0) is 19.5 Å². The van der Waals surface area contributed by atoms with Crippen LogP contribution >= 0.6 is 0 Å². The summed E-state index contributed by atoms with van der Waals surface area (Å²) < 4.78 is 0. The Morgan fingerprint density at radius 1 is 1.47 bits per heavy atom. The van der Waals surface area contributed by atoms with E-state index in [1.807, 2.05) is 25.4 Å². The predicted octanol–water partition coefficient (Wildman–Crippen LogP) is 1.67. The number of aromatic amines is 1. The molecular weight excluding hydrogens is 212 g/mol. The molecule has 1 N–H and O–H groups in total. The van der Waals surface area contributed by atoms with Gasteiger partial charge in [-0.1, -0.05) is 0 Å². The van der Waals surface area contributed by atoms with Crippen molar-refractivity contribution in [1.29, 1.82) is 0 Å². The van der Waals surface area contributed by atoms with Crippen molar-refractivity contribution in [2.24, 2.45) is 0 Å². The van der Waals surface area contributed by atoms with Crippen molar-refractivity contribution >= 4 is 0 Å². The van der Waals surface area contributed by atoms with E-state index < -0.39 is 0 Å². The van der Waals surface area contributed by atoms with Gasteiger partial charge in [-0.15, -0.1) is 0 Å². The van der Waals surface area contributed by atoms with Crippen LogP contribution in [0.4, 0.5) is 0 Å². The summed E-state index contributed by atoms with van der Waals surface area (Å²) in [4.78, 5) is 14.4. The molecule has 0 unspecified atom stereocenters. The van der Waals surface area contributed by atoms with Crippen molar-refractivity contribution < 1.29 is 0 Å². The van der Waals surface area contributed by atoms with Gasteiger partial charge in [-0.2, -0.15) is 0 Å². The Kier molecular flexibility index (Phi) is 2.65. The molecule has 1 aliphatic rings. The normalized spacial score (nSPS) is 15.8. The molecule has 17 heavy (non-hydrogen) atoms. The summed E-state index contributed by atoms with van der Waals surface area (Å²) in [6.45, 7) is 4.95. The fourth-order valence-electron chi connectivity index (χ4n) is 2.32. The molecule has 4 heteroatoms. The summed E-state index contributed by atoms with van der Waals surface area (Å²) in [6.07, 6.45) is 4.97. The third-order valence-electron chi connectivity index (χ3n) is 3.19. The van der Waals surface area contributed by atoms with Gasteiger partial charge in [0, 0.05) is 55.4 Å². The van der Waals surface area contributed by atoms with E-state index in [0.717, 1.165) is 31.9 Å². The topological polar surface area (TPSA) is 44.8 Å². The number of aryl methyl sites for hydroxylation is 1. The van der Waals surface area contributed by atoms with E-state index in [0.29, 0.717) is 0 Å². The van der Waals surface area contributed by atoms with Crippen LogP contribution in [0.15, 0.2) is 24.5 Å². The molecule has 4 nitrogen and oxygen atoms in total. The molecule has 0 aliphatic carbocycles. The molecule has 88 valence electrons. The van der Waals surface area contributed by atoms with Crippen LogP contribution in [0.1, 0.15) is 22.8 Å². The van der Waals surface area contributed by atoms with Crippen molar-refractivity contribution in [3.8, 4) is 0 Å². The zero-order chi connectivity index (χ0) is 11.7. The lowest BCUT2D eigenvalue weighted by Crippen LogP contribution is -2.31. The molecule has 1 aliphatic heterocycles. The van der Waals surface area contributed by atoms with Gasteiger partial charge >= 0.3 is 0 Å². The second-order valence-corrected chi connectivity index (χ2v) is 4.55. The van der Waals surface area contributed by atoms with E-state index in [2.05, 4.69) is 25.9 Å². The van der Waals surface area contributed by atoms with E-state index in [1.165, 1.54) is 17.0 Å². The lowest BCUT2D eigenvalue weighted by atomic mass is 10.1. The minimum Gasteiger partial charge on any atom is -0.364 e. The van der Waals surface area contributed by atoms with Crippen LogP contribution in [-0.4, -0.2) is 26.4 Å². The van der Waals surface area contributed by atoms with Crippen LogP contribution in [0.25, 0.3) is 0 Å². The maximum absolute atomic E-state index is 4.50. The largest absolute Gasteiger partial charge is 0.364 e. The van der Waals surface area contributed by atoms with E-state index in [9.17, 15) is 0 Å². The molecule has 0 fully saturated rings. The Balaban J connectivity index is 1.74. The molecule has 3 rings (SSSR count). The van der Waals surface area contributed by atoms with Crippen molar-refractivity contribution in [3.05, 3.63) is 47.3 Å². The van der Waals surface area contributed by atoms with Gasteiger partial charge in [0.25, 0.3) is 0 Å². The molecule has 3 heterocycles. The Morgan fingerprint density at radius 3 is 3.24 bits per heavy atom. The van der Waals surface area contributed by atoms with Crippen LogP contribution in [0.5, 0.6) is 0 Å². The number of H-pyrrole nitrogens is 1. The summed E-state index contributed by atoms with van der Waals surface area (Å²) in [6, 6.07) is 4.17. The summed E-state index contributed by atoms with van der Waals surface area (Å²) in [7, 11) is 0. The maximum Gasteiger partial charge on any atom is 0.125 e. The van der Waals surface area contributed by atoms with Gasteiger partial charge in [-0.25, -0.2) is 9.97 Å². The van der Waals surface area contributed by atoms with Crippen molar-refractivity contribution in [2.75, 3.05) is 6.54 Å². The average molecular weight is 228 g/mol.